The number of rotatable bonds is 4. The molecule has 1 atom stereocenters. The lowest BCUT2D eigenvalue weighted by molar-refractivity contribution is 0.369. The van der Waals surface area contributed by atoms with Crippen LogP contribution in [-0.2, 0) is 9.13 Å². The first kappa shape index (κ1) is 11.3. The van der Waals surface area contributed by atoms with E-state index in [1.807, 2.05) is 0 Å². The summed E-state index contributed by atoms with van der Waals surface area (Å²) in [5, 5.41) is 2.19. The summed E-state index contributed by atoms with van der Waals surface area (Å²) in [6.07, 6.45) is -0.844. The van der Waals surface area contributed by atoms with Gasteiger partial charge in [-0.05, 0) is 0 Å². The average Bonchev–Trinajstić information content (AvgIpc) is 1.55. The largest absolute Gasteiger partial charge is 0.344 e. The third kappa shape index (κ3) is 10.3. The molecule has 0 aromatic heterocycles. The quantitative estimate of drug-likeness (QED) is 0.462. The van der Waals surface area contributed by atoms with Crippen LogP contribution in [0.15, 0.2) is 0 Å². The van der Waals surface area contributed by atoms with E-state index in [4.69, 9.17) is 14.7 Å². The van der Waals surface area contributed by atoms with Crippen LogP contribution in [0.3, 0.4) is 0 Å². The summed E-state index contributed by atoms with van der Waals surface area (Å²) in [5.41, 5.74) is 0. The summed E-state index contributed by atoms with van der Waals surface area (Å²) < 4.78 is 20.7. The van der Waals surface area contributed by atoms with Gasteiger partial charge in [-0.25, -0.2) is 0 Å². The van der Waals surface area contributed by atoms with E-state index >= 15 is 0 Å². The van der Waals surface area contributed by atoms with E-state index in [9.17, 15) is 9.13 Å². The zero-order valence-corrected chi connectivity index (χ0v) is 7.76. The van der Waals surface area contributed by atoms with Crippen molar-refractivity contribution in [1.29, 1.82) is 0 Å². The molecule has 4 N–H and O–H groups in total. The standard InChI is InChI=1S/C3H11NO5P2/c1-10(5,6)2-4-3-11(7,8)9/h4H,2-3H2,1H3,(H,5,6)(H2,7,8,9). The molecule has 68 valence electrons. The van der Waals surface area contributed by atoms with Crippen molar-refractivity contribution in [3.8, 4) is 0 Å². The maximum atomic E-state index is 10.5. The highest BCUT2D eigenvalue weighted by molar-refractivity contribution is 7.57. The molecule has 0 amide bonds. The molecule has 0 radical (unpaired) electrons. The summed E-state index contributed by atoms with van der Waals surface area (Å²) in [6, 6.07) is 0. The van der Waals surface area contributed by atoms with Crippen molar-refractivity contribution in [2.24, 2.45) is 0 Å². The third-order valence-corrected chi connectivity index (χ3v) is 2.17. The fourth-order valence-electron chi connectivity index (χ4n) is 0.403. The summed E-state index contributed by atoms with van der Waals surface area (Å²) in [4.78, 5) is 25.2. The second-order valence-corrected chi connectivity index (χ2v) is 6.35. The zero-order valence-electron chi connectivity index (χ0n) is 5.97. The number of hydrogen-bond acceptors (Lipinski definition) is 3. The zero-order chi connectivity index (χ0) is 9.12. The Balaban J connectivity index is 3.61. The second kappa shape index (κ2) is 3.81. The Kier molecular flexibility index (Phi) is 3.91. The van der Waals surface area contributed by atoms with Crippen LogP contribution >= 0.6 is 15.0 Å². The Bertz CT molecular complexity index is 182. The highest BCUT2D eigenvalue weighted by Gasteiger charge is 2.15. The van der Waals surface area contributed by atoms with E-state index in [0.29, 0.717) is 0 Å². The van der Waals surface area contributed by atoms with E-state index in [1.165, 1.54) is 0 Å². The summed E-state index contributed by atoms with van der Waals surface area (Å²) in [5.74, 6) is 0. The van der Waals surface area contributed by atoms with Crippen LogP contribution in [-0.4, -0.2) is 33.9 Å². The molecule has 0 aromatic rings. The van der Waals surface area contributed by atoms with Gasteiger partial charge < -0.3 is 14.7 Å². The highest BCUT2D eigenvalue weighted by atomic mass is 31.2. The Labute approximate surface area is 64.2 Å². The monoisotopic (exact) mass is 203 g/mol. The van der Waals surface area contributed by atoms with Crippen LogP contribution < -0.4 is 5.32 Å². The van der Waals surface area contributed by atoms with Crippen LogP contribution in [0.1, 0.15) is 0 Å². The Morgan fingerprint density at radius 2 is 1.64 bits per heavy atom. The first-order chi connectivity index (χ1) is 4.71. The fraction of sp³-hybridized carbons (Fsp3) is 1.00. The van der Waals surface area contributed by atoms with Crippen molar-refractivity contribution in [2.75, 3.05) is 19.2 Å². The van der Waals surface area contributed by atoms with E-state index in [-0.39, 0.29) is 6.29 Å². The van der Waals surface area contributed by atoms with E-state index in [0.717, 1.165) is 6.66 Å². The predicted molar refractivity (Wildman–Crippen MR) is 40.7 cm³/mol. The van der Waals surface area contributed by atoms with Crippen LogP contribution in [0, 0.1) is 0 Å². The maximum absolute atomic E-state index is 10.5. The lowest BCUT2D eigenvalue weighted by atomic mass is 11.2. The molecule has 0 rings (SSSR count). The van der Waals surface area contributed by atoms with Crippen molar-refractivity contribution in [1.82, 2.24) is 5.32 Å². The molecule has 0 aliphatic heterocycles. The number of hydrogen-bond donors (Lipinski definition) is 4. The minimum atomic E-state index is -4.10. The van der Waals surface area contributed by atoms with Gasteiger partial charge in [-0.1, -0.05) is 0 Å². The van der Waals surface area contributed by atoms with Gasteiger partial charge in [-0.3, -0.25) is 14.4 Å². The van der Waals surface area contributed by atoms with Gasteiger partial charge in [0.1, 0.15) is 0 Å². The van der Waals surface area contributed by atoms with Crippen LogP contribution in [0.2, 0.25) is 0 Å². The maximum Gasteiger partial charge on any atom is 0.339 e. The molecule has 0 spiro atoms. The topological polar surface area (TPSA) is 107 Å². The van der Waals surface area contributed by atoms with Crippen LogP contribution in [0.25, 0.3) is 0 Å². The summed E-state index contributed by atoms with van der Waals surface area (Å²) >= 11 is 0. The molecule has 0 saturated carbocycles. The lowest BCUT2D eigenvalue weighted by Crippen LogP contribution is -2.16. The minimum Gasteiger partial charge on any atom is -0.344 e. The summed E-state index contributed by atoms with van der Waals surface area (Å²) in [7, 11) is -7.30. The summed E-state index contributed by atoms with van der Waals surface area (Å²) in [6.45, 7) is 1.11. The van der Waals surface area contributed by atoms with Gasteiger partial charge in [-0.2, -0.15) is 0 Å². The molecule has 0 saturated heterocycles. The molecule has 1 unspecified atom stereocenters. The Morgan fingerprint density at radius 1 is 1.18 bits per heavy atom. The average molecular weight is 203 g/mol. The molecular weight excluding hydrogens is 192 g/mol. The van der Waals surface area contributed by atoms with Gasteiger partial charge in [0.25, 0.3) is 0 Å². The molecule has 0 heterocycles. The normalized spacial score (nSPS) is 17.8. The van der Waals surface area contributed by atoms with E-state index in [2.05, 4.69) is 5.32 Å². The van der Waals surface area contributed by atoms with Gasteiger partial charge in [0.15, 0.2) is 0 Å². The molecule has 0 aliphatic rings. The molecule has 6 nitrogen and oxygen atoms in total. The van der Waals surface area contributed by atoms with Gasteiger partial charge in [0.2, 0.25) is 7.37 Å². The third-order valence-electron chi connectivity index (χ3n) is 0.723. The van der Waals surface area contributed by atoms with Crippen molar-refractivity contribution in [2.45, 2.75) is 0 Å². The van der Waals surface area contributed by atoms with E-state index < -0.39 is 21.3 Å². The van der Waals surface area contributed by atoms with Gasteiger partial charge in [0.05, 0.1) is 12.6 Å². The fourth-order valence-corrected chi connectivity index (χ4v) is 1.51. The van der Waals surface area contributed by atoms with Crippen molar-refractivity contribution < 1.29 is 23.8 Å². The van der Waals surface area contributed by atoms with Gasteiger partial charge in [-0.15, -0.1) is 0 Å². The smallest absolute Gasteiger partial charge is 0.339 e. The highest BCUT2D eigenvalue weighted by Crippen LogP contribution is 2.36. The van der Waals surface area contributed by atoms with Crippen molar-refractivity contribution in [3.05, 3.63) is 0 Å². The molecule has 0 aromatic carbocycles. The first-order valence-corrected chi connectivity index (χ1v) is 6.84. The van der Waals surface area contributed by atoms with Crippen molar-refractivity contribution in [3.63, 3.8) is 0 Å². The predicted octanol–water partition coefficient (Wildman–Crippen LogP) is -0.431. The SMILES string of the molecule is CP(=O)(O)CNCP(=O)(O)O. The minimum absolute atomic E-state index is 0.280. The lowest BCUT2D eigenvalue weighted by Gasteiger charge is -2.07. The molecule has 0 aliphatic carbocycles. The molecule has 11 heavy (non-hydrogen) atoms. The Hall–Kier alpha value is 0.300. The van der Waals surface area contributed by atoms with Gasteiger partial charge >= 0.3 is 7.60 Å². The van der Waals surface area contributed by atoms with Crippen molar-refractivity contribution >= 4 is 15.0 Å². The second-order valence-electron chi connectivity index (χ2n) is 2.28. The number of nitrogens with one attached hydrogen (secondary N) is 1. The van der Waals surface area contributed by atoms with E-state index in [1.54, 1.807) is 0 Å². The van der Waals surface area contributed by atoms with Crippen LogP contribution in [0.5, 0.6) is 0 Å². The van der Waals surface area contributed by atoms with Gasteiger partial charge in [0, 0.05) is 6.66 Å². The van der Waals surface area contributed by atoms with Crippen LogP contribution in [0.4, 0.5) is 0 Å². The Morgan fingerprint density at radius 3 is 1.91 bits per heavy atom. The first-order valence-electron chi connectivity index (χ1n) is 2.75. The molecule has 0 fully saturated rings. The molecule has 8 heteroatoms. The molecule has 0 bridgehead atoms. The molecular formula is C3H11NO5P2.